The second-order valence-electron chi connectivity index (χ2n) is 6.29. The summed E-state index contributed by atoms with van der Waals surface area (Å²) < 4.78 is 3.05. The molecule has 0 radical (unpaired) electrons. The van der Waals surface area contributed by atoms with Crippen LogP contribution in [0.5, 0.6) is 5.75 Å². The summed E-state index contributed by atoms with van der Waals surface area (Å²) in [4.78, 5) is 30.9. The molecule has 0 spiro atoms. The van der Waals surface area contributed by atoms with Gasteiger partial charge in [-0.25, -0.2) is 10.2 Å². The highest BCUT2D eigenvalue weighted by molar-refractivity contribution is 5.99. The number of fused-ring (bicyclic) bond motifs is 1. The fraction of sp³-hybridized carbons (Fsp3) is 0.333. The first-order chi connectivity index (χ1) is 12.9. The number of benzene rings is 1. The summed E-state index contributed by atoms with van der Waals surface area (Å²) in [6.07, 6.45) is 1.79. The van der Waals surface area contributed by atoms with Crippen molar-refractivity contribution in [2.45, 2.75) is 33.2 Å². The number of anilines is 1. The van der Waals surface area contributed by atoms with Crippen LogP contribution in [0.3, 0.4) is 0 Å². The maximum Gasteiger partial charge on any atom is 0.329 e. The molecule has 142 valence electrons. The molecule has 1 aromatic carbocycles. The van der Waals surface area contributed by atoms with Crippen molar-refractivity contribution in [1.29, 1.82) is 0 Å². The van der Waals surface area contributed by atoms with Crippen molar-refractivity contribution < 1.29 is 5.11 Å². The molecule has 0 bridgehead atoms. The number of aromatic hydroxyl groups is 1. The minimum atomic E-state index is -0.511. The lowest BCUT2D eigenvalue weighted by Crippen LogP contribution is -2.29. The van der Waals surface area contributed by atoms with Crippen LogP contribution in [0, 0.1) is 0 Å². The van der Waals surface area contributed by atoms with Gasteiger partial charge >= 0.3 is 5.69 Å². The van der Waals surface area contributed by atoms with E-state index >= 15 is 0 Å². The van der Waals surface area contributed by atoms with Gasteiger partial charge in [0.2, 0.25) is 5.95 Å². The Morgan fingerprint density at radius 2 is 2.00 bits per heavy atom. The lowest BCUT2D eigenvalue weighted by atomic mass is 10.1. The topological polar surface area (TPSA) is 117 Å². The van der Waals surface area contributed by atoms with Crippen LogP contribution in [0.25, 0.3) is 11.2 Å². The number of phenols is 1. The van der Waals surface area contributed by atoms with E-state index in [4.69, 9.17) is 0 Å². The molecule has 3 rings (SSSR count). The molecule has 0 fully saturated rings. The van der Waals surface area contributed by atoms with Gasteiger partial charge in [-0.1, -0.05) is 13.3 Å². The number of H-pyrrole nitrogens is 1. The number of nitrogens with zero attached hydrogens (tertiary/aromatic N) is 4. The van der Waals surface area contributed by atoms with E-state index < -0.39 is 11.2 Å². The molecule has 0 atom stereocenters. The van der Waals surface area contributed by atoms with Gasteiger partial charge in [0, 0.05) is 13.6 Å². The lowest BCUT2D eigenvalue weighted by Gasteiger charge is -2.08. The number of imidazole rings is 1. The standard InChI is InChI=1S/C18H22N6O3/c1-4-5-10-24-14-15(23(3)18(27)20-16(14)26)19-17(24)22-21-11(2)12-6-8-13(25)9-7-12/h6-9,25H,4-5,10H2,1-3H3,(H,19,22)(H,20,26,27)/b21-11+. The molecule has 2 heterocycles. The highest BCUT2D eigenvalue weighted by Crippen LogP contribution is 2.17. The number of hydrogen-bond donors (Lipinski definition) is 3. The van der Waals surface area contributed by atoms with Gasteiger partial charge in [-0.3, -0.25) is 14.3 Å². The average molecular weight is 370 g/mol. The van der Waals surface area contributed by atoms with E-state index in [0.29, 0.717) is 29.4 Å². The maximum atomic E-state index is 12.3. The first kappa shape index (κ1) is 18.4. The van der Waals surface area contributed by atoms with E-state index in [0.717, 1.165) is 18.4 Å². The fourth-order valence-corrected chi connectivity index (χ4v) is 2.75. The van der Waals surface area contributed by atoms with Gasteiger partial charge in [0.25, 0.3) is 5.56 Å². The van der Waals surface area contributed by atoms with Crippen molar-refractivity contribution in [3.05, 3.63) is 50.7 Å². The van der Waals surface area contributed by atoms with Crippen LogP contribution in [0.15, 0.2) is 39.0 Å². The predicted molar refractivity (Wildman–Crippen MR) is 104 cm³/mol. The molecule has 0 aliphatic carbocycles. The Labute approximate surface area is 155 Å². The van der Waals surface area contributed by atoms with Gasteiger partial charge in [0.05, 0.1) is 5.71 Å². The Morgan fingerprint density at radius 3 is 2.67 bits per heavy atom. The molecule has 0 saturated heterocycles. The van der Waals surface area contributed by atoms with Crippen molar-refractivity contribution in [1.82, 2.24) is 19.1 Å². The van der Waals surface area contributed by atoms with Gasteiger partial charge < -0.3 is 9.67 Å². The van der Waals surface area contributed by atoms with E-state index in [1.165, 1.54) is 4.57 Å². The second-order valence-corrected chi connectivity index (χ2v) is 6.29. The fourth-order valence-electron chi connectivity index (χ4n) is 2.75. The Kier molecular flexibility index (Phi) is 5.11. The van der Waals surface area contributed by atoms with Crippen molar-refractivity contribution in [3.63, 3.8) is 0 Å². The summed E-state index contributed by atoms with van der Waals surface area (Å²) in [6, 6.07) is 6.68. The Balaban J connectivity index is 2.05. The third kappa shape index (κ3) is 3.62. The molecule has 0 amide bonds. The minimum absolute atomic E-state index is 0.181. The molecule has 3 aromatic rings. The largest absolute Gasteiger partial charge is 0.508 e. The van der Waals surface area contributed by atoms with Crippen molar-refractivity contribution in [2.75, 3.05) is 5.43 Å². The van der Waals surface area contributed by atoms with Crippen LogP contribution in [-0.4, -0.2) is 29.9 Å². The zero-order valence-electron chi connectivity index (χ0n) is 15.5. The van der Waals surface area contributed by atoms with Crippen molar-refractivity contribution >= 4 is 22.8 Å². The molecule has 27 heavy (non-hydrogen) atoms. The summed E-state index contributed by atoms with van der Waals surface area (Å²) in [7, 11) is 1.56. The smallest absolute Gasteiger partial charge is 0.329 e. The SMILES string of the molecule is CCCCn1c(N/N=C(\C)c2ccc(O)cc2)nc2c1c(=O)[nH]c(=O)n2C. The zero-order valence-corrected chi connectivity index (χ0v) is 15.5. The van der Waals surface area contributed by atoms with E-state index in [2.05, 4.69) is 27.4 Å². The van der Waals surface area contributed by atoms with Gasteiger partial charge in [-0.15, -0.1) is 0 Å². The van der Waals surface area contributed by atoms with Crippen LogP contribution >= 0.6 is 0 Å². The molecule has 0 aliphatic heterocycles. The van der Waals surface area contributed by atoms with Crippen LogP contribution in [-0.2, 0) is 13.6 Å². The summed E-state index contributed by atoms with van der Waals surface area (Å²) in [5.41, 5.74) is 4.09. The monoisotopic (exact) mass is 370 g/mol. The van der Waals surface area contributed by atoms with Gasteiger partial charge in [0.15, 0.2) is 11.2 Å². The summed E-state index contributed by atoms with van der Waals surface area (Å²) in [5.74, 6) is 0.573. The Morgan fingerprint density at radius 1 is 1.30 bits per heavy atom. The molecule has 0 unspecified atom stereocenters. The van der Waals surface area contributed by atoms with Crippen LogP contribution in [0.4, 0.5) is 5.95 Å². The van der Waals surface area contributed by atoms with Gasteiger partial charge in [0.1, 0.15) is 5.75 Å². The third-order valence-corrected chi connectivity index (χ3v) is 4.35. The molecular formula is C18H22N6O3. The van der Waals surface area contributed by atoms with Crippen molar-refractivity contribution in [3.8, 4) is 5.75 Å². The normalized spacial score (nSPS) is 11.9. The highest BCUT2D eigenvalue weighted by Gasteiger charge is 2.16. The van der Waals surface area contributed by atoms with Crippen LogP contribution in [0.2, 0.25) is 0 Å². The summed E-state index contributed by atoms with van der Waals surface area (Å²) in [6.45, 7) is 4.45. The minimum Gasteiger partial charge on any atom is -0.508 e. The zero-order chi connectivity index (χ0) is 19.6. The molecule has 0 saturated carbocycles. The van der Waals surface area contributed by atoms with Gasteiger partial charge in [-0.05, 0) is 43.2 Å². The average Bonchev–Trinajstić information content (AvgIpc) is 3.02. The number of phenolic OH excluding ortho intramolecular Hbond substituents is 1. The first-order valence-corrected chi connectivity index (χ1v) is 8.71. The highest BCUT2D eigenvalue weighted by atomic mass is 16.3. The number of hydrogen-bond acceptors (Lipinski definition) is 6. The second kappa shape index (κ2) is 7.48. The number of aromatic amines is 1. The first-order valence-electron chi connectivity index (χ1n) is 8.71. The Bertz CT molecular complexity index is 1110. The number of aromatic nitrogens is 4. The molecule has 3 N–H and O–H groups in total. The van der Waals surface area contributed by atoms with Crippen LogP contribution < -0.4 is 16.7 Å². The Hall–Kier alpha value is -3.36. The molecule has 9 nitrogen and oxygen atoms in total. The number of unbranched alkanes of at least 4 members (excludes halogenated alkanes) is 1. The van der Waals surface area contributed by atoms with E-state index in [-0.39, 0.29) is 5.75 Å². The van der Waals surface area contributed by atoms with E-state index in [9.17, 15) is 14.7 Å². The molecule has 2 aromatic heterocycles. The molecule has 0 aliphatic rings. The summed E-state index contributed by atoms with van der Waals surface area (Å²) in [5, 5.41) is 13.7. The predicted octanol–water partition coefficient (Wildman–Crippen LogP) is 1.77. The number of nitrogens with one attached hydrogen (secondary N) is 2. The number of hydrazone groups is 1. The van der Waals surface area contributed by atoms with E-state index in [1.54, 1.807) is 35.9 Å². The quantitative estimate of drug-likeness (QED) is 0.451. The number of aryl methyl sites for hydroxylation is 2. The summed E-state index contributed by atoms with van der Waals surface area (Å²) >= 11 is 0. The van der Waals surface area contributed by atoms with E-state index in [1.807, 2.05) is 6.92 Å². The molecule has 9 heteroatoms. The molecular weight excluding hydrogens is 348 g/mol. The number of rotatable bonds is 6. The van der Waals surface area contributed by atoms with Gasteiger partial charge in [-0.2, -0.15) is 10.1 Å². The maximum absolute atomic E-state index is 12.3. The third-order valence-electron chi connectivity index (χ3n) is 4.35. The van der Waals surface area contributed by atoms with Crippen LogP contribution in [0.1, 0.15) is 32.3 Å². The lowest BCUT2D eigenvalue weighted by molar-refractivity contribution is 0.475. The van der Waals surface area contributed by atoms with Crippen molar-refractivity contribution in [2.24, 2.45) is 12.1 Å².